The van der Waals surface area contributed by atoms with Crippen molar-refractivity contribution in [3.05, 3.63) is 24.3 Å². The molecule has 0 atom stereocenters. The third-order valence-corrected chi connectivity index (χ3v) is 0.586. The molecular formula is C5H6Ta-2. The minimum atomic E-state index is 0. The van der Waals surface area contributed by atoms with Crippen molar-refractivity contribution in [2.45, 2.75) is 6.42 Å². The van der Waals surface area contributed by atoms with Gasteiger partial charge in [0.25, 0.3) is 0 Å². The molecule has 0 fully saturated rings. The monoisotopic (exact) mass is 247 g/mol. The summed E-state index contributed by atoms with van der Waals surface area (Å²) in [7, 11) is 0. The second-order valence-corrected chi connectivity index (χ2v) is 1.00. The molecular weight excluding hydrogens is 241 g/mol. The number of hydrogen-bond donors (Lipinski definition) is 0. The van der Waals surface area contributed by atoms with E-state index in [-0.39, 0.29) is 23.8 Å². The molecule has 1 radical (unpaired) electrons. The van der Waals surface area contributed by atoms with Crippen LogP contribution in [0.2, 0.25) is 0 Å². The molecule has 0 heterocycles. The summed E-state index contributed by atoms with van der Waals surface area (Å²) in [6, 6.07) is 0. The summed E-state index contributed by atoms with van der Waals surface area (Å²) in [5.74, 6) is 0. The zero-order chi connectivity index (χ0) is 3.54. The summed E-state index contributed by atoms with van der Waals surface area (Å²) >= 11 is 0. The summed E-state index contributed by atoms with van der Waals surface area (Å²) in [6.45, 7) is 0. The van der Waals surface area contributed by atoms with Gasteiger partial charge in [-0.1, -0.05) is 0 Å². The van der Waals surface area contributed by atoms with Crippen molar-refractivity contribution < 1.29 is 23.8 Å². The van der Waals surface area contributed by atoms with Crippen LogP contribution in [0.4, 0.5) is 0 Å². The van der Waals surface area contributed by atoms with Gasteiger partial charge in [0.15, 0.2) is 0 Å². The zero-order valence-corrected chi connectivity index (χ0v) is 6.60. The molecule has 0 aromatic rings. The molecule has 0 nitrogen and oxygen atoms in total. The number of rotatable bonds is 0. The van der Waals surface area contributed by atoms with Crippen molar-refractivity contribution in [2.75, 3.05) is 0 Å². The Morgan fingerprint density at radius 1 is 1.67 bits per heavy atom. The van der Waals surface area contributed by atoms with Crippen LogP contribution in [0.3, 0.4) is 0 Å². The van der Waals surface area contributed by atoms with Crippen molar-refractivity contribution in [1.29, 1.82) is 0 Å². The van der Waals surface area contributed by atoms with Gasteiger partial charge in [0, 0.05) is 22.4 Å². The van der Waals surface area contributed by atoms with E-state index >= 15 is 0 Å². The van der Waals surface area contributed by atoms with Gasteiger partial charge in [-0.2, -0.15) is 6.08 Å². The Kier molecular flexibility index (Phi) is 3.54. The molecule has 1 rings (SSSR count). The van der Waals surface area contributed by atoms with Gasteiger partial charge in [-0.25, -0.2) is 12.2 Å². The van der Waals surface area contributed by atoms with Gasteiger partial charge in [-0.3, -0.25) is 6.08 Å². The fraction of sp³-hybridized carbons (Fsp3) is 0.200. The molecule has 0 unspecified atom stereocenters. The van der Waals surface area contributed by atoms with Crippen LogP contribution in [0.25, 0.3) is 0 Å². The van der Waals surface area contributed by atoms with E-state index in [1.54, 1.807) is 0 Å². The average Bonchev–Trinajstić information content (AvgIpc) is 1.76. The standard InChI is InChI=1S/C5H5.Ta.H/c1-2-4-5-3-1;;/h1-3H,4H2;;/q-1;;-1. The van der Waals surface area contributed by atoms with Crippen molar-refractivity contribution >= 4 is 0 Å². The van der Waals surface area contributed by atoms with Crippen LogP contribution in [-0.4, -0.2) is 0 Å². The summed E-state index contributed by atoms with van der Waals surface area (Å²) in [6.07, 6.45) is 10.0. The van der Waals surface area contributed by atoms with Gasteiger partial charge in [-0.15, -0.1) is 6.42 Å². The van der Waals surface area contributed by atoms with E-state index in [0.29, 0.717) is 0 Å². The van der Waals surface area contributed by atoms with E-state index < -0.39 is 0 Å². The molecule has 1 heteroatoms. The van der Waals surface area contributed by atoms with Crippen LogP contribution >= 0.6 is 0 Å². The molecule has 0 amide bonds. The smallest absolute Gasteiger partial charge is 0 e. The van der Waals surface area contributed by atoms with Gasteiger partial charge in [-0.05, 0) is 0 Å². The van der Waals surface area contributed by atoms with Crippen molar-refractivity contribution in [3.8, 4) is 0 Å². The molecule has 6 heavy (non-hydrogen) atoms. The van der Waals surface area contributed by atoms with E-state index in [2.05, 4.69) is 12.2 Å². The van der Waals surface area contributed by atoms with Crippen LogP contribution < -0.4 is 0 Å². The van der Waals surface area contributed by atoms with Crippen LogP contribution in [0, 0.1) is 6.08 Å². The van der Waals surface area contributed by atoms with E-state index in [0.717, 1.165) is 6.42 Å². The molecule has 0 aliphatic heterocycles. The summed E-state index contributed by atoms with van der Waals surface area (Å²) < 4.78 is 0. The third kappa shape index (κ3) is 1.61. The van der Waals surface area contributed by atoms with Crippen molar-refractivity contribution in [3.63, 3.8) is 0 Å². The van der Waals surface area contributed by atoms with Gasteiger partial charge in [0.1, 0.15) is 0 Å². The Hall–Kier alpha value is 0.220. The topological polar surface area (TPSA) is 0 Å². The minimum Gasteiger partial charge on any atom is -1.00 e. The average molecular weight is 247 g/mol. The molecule has 1 aliphatic rings. The van der Waals surface area contributed by atoms with Crippen molar-refractivity contribution in [2.24, 2.45) is 0 Å². The van der Waals surface area contributed by atoms with Crippen LogP contribution in [-0.2, 0) is 22.4 Å². The predicted octanol–water partition coefficient (Wildman–Crippen LogP) is 1.42. The normalized spacial score (nSPS) is 14.7. The van der Waals surface area contributed by atoms with Gasteiger partial charge in [0.05, 0.1) is 0 Å². The maximum atomic E-state index is 2.99. The summed E-state index contributed by atoms with van der Waals surface area (Å²) in [4.78, 5) is 0. The molecule has 0 bridgehead atoms. The first-order valence-corrected chi connectivity index (χ1v) is 1.72. The quantitative estimate of drug-likeness (QED) is 0.568. The molecule has 0 aromatic heterocycles. The second-order valence-electron chi connectivity index (χ2n) is 1.00. The molecule has 0 aromatic carbocycles. The van der Waals surface area contributed by atoms with Crippen molar-refractivity contribution in [1.82, 2.24) is 0 Å². The Labute approximate surface area is 54.9 Å². The molecule has 0 N–H and O–H groups in total. The fourth-order valence-electron chi connectivity index (χ4n) is 0.340. The minimum absolute atomic E-state index is 0. The summed E-state index contributed by atoms with van der Waals surface area (Å²) in [5, 5.41) is 0. The first kappa shape index (κ1) is 6.22. The molecule has 0 spiro atoms. The second kappa shape index (κ2) is 3.41. The third-order valence-electron chi connectivity index (χ3n) is 0.586. The van der Waals surface area contributed by atoms with Crippen LogP contribution in [0.1, 0.15) is 7.85 Å². The largest absolute Gasteiger partial charge is 1.00 e. The van der Waals surface area contributed by atoms with Gasteiger partial charge in [0.2, 0.25) is 0 Å². The summed E-state index contributed by atoms with van der Waals surface area (Å²) in [5.41, 5.74) is 0. The van der Waals surface area contributed by atoms with E-state index in [1.807, 2.05) is 12.2 Å². The van der Waals surface area contributed by atoms with Crippen LogP contribution in [0.5, 0.6) is 0 Å². The van der Waals surface area contributed by atoms with Crippen LogP contribution in [0.15, 0.2) is 18.2 Å². The zero-order valence-electron chi connectivity index (χ0n) is 4.39. The SMILES string of the molecule is [C-]1=CC=CC1.[H-].[Ta]. The fourth-order valence-corrected chi connectivity index (χ4v) is 0.340. The van der Waals surface area contributed by atoms with E-state index in [1.165, 1.54) is 0 Å². The van der Waals surface area contributed by atoms with Gasteiger partial charge < -0.3 is 1.43 Å². The van der Waals surface area contributed by atoms with Gasteiger partial charge >= 0.3 is 0 Å². The Bertz CT molecular complexity index is 66.1. The number of allylic oxidation sites excluding steroid dienone is 4. The van der Waals surface area contributed by atoms with E-state index in [9.17, 15) is 0 Å². The molecule has 33 valence electrons. The maximum absolute atomic E-state index is 2.99. The first-order valence-electron chi connectivity index (χ1n) is 1.72. The Morgan fingerprint density at radius 2 is 2.50 bits per heavy atom. The Morgan fingerprint density at radius 3 is 2.67 bits per heavy atom. The molecule has 1 aliphatic carbocycles. The van der Waals surface area contributed by atoms with E-state index in [4.69, 9.17) is 0 Å². The molecule has 0 saturated heterocycles. The Balaban J connectivity index is 0. The predicted molar refractivity (Wildman–Crippen MR) is 22.7 cm³/mol. The number of hydrogen-bond acceptors (Lipinski definition) is 0. The molecule has 0 saturated carbocycles. The maximum Gasteiger partial charge on any atom is 0 e. The first-order chi connectivity index (χ1) is 2.50.